The van der Waals surface area contributed by atoms with Gasteiger partial charge in [0, 0.05) is 13.1 Å². The molecule has 1 amide bonds. The number of amides is 1. The Hall–Kier alpha value is -2.44. The average molecular weight is 329 g/mol. The highest BCUT2D eigenvalue weighted by molar-refractivity contribution is 5.75. The maximum atomic E-state index is 12.2. The van der Waals surface area contributed by atoms with Crippen molar-refractivity contribution < 1.29 is 9.53 Å². The lowest BCUT2D eigenvalue weighted by Gasteiger charge is -2.32. The predicted octanol–water partition coefficient (Wildman–Crippen LogP) is 1.55. The van der Waals surface area contributed by atoms with Gasteiger partial charge in [-0.1, -0.05) is 12.1 Å². The van der Waals surface area contributed by atoms with Gasteiger partial charge in [0.15, 0.2) is 0 Å². The third kappa shape index (κ3) is 4.31. The fraction of sp³-hybridized carbons (Fsp3) is 0.529. The lowest BCUT2D eigenvalue weighted by atomic mass is 9.90. The molecule has 0 bridgehead atoms. The molecule has 1 aromatic heterocycles. The Kier molecular flexibility index (Phi) is 5.40. The number of likely N-dealkylation sites (tertiary alicyclic amines) is 1. The first-order chi connectivity index (χ1) is 11.7. The van der Waals surface area contributed by atoms with Gasteiger partial charge in [-0.05, 0) is 59.7 Å². The van der Waals surface area contributed by atoms with Gasteiger partial charge in [0.25, 0.3) is 0 Å². The molecule has 0 unspecified atom stereocenters. The first-order valence-corrected chi connectivity index (χ1v) is 8.36. The molecule has 1 aliphatic heterocycles. The number of benzene rings is 1. The number of carbonyl (C=O) groups is 1. The Morgan fingerprint density at radius 3 is 2.62 bits per heavy atom. The van der Waals surface area contributed by atoms with E-state index in [4.69, 9.17) is 4.74 Å². The van der Waals surface area contributed by atoms with Gasteiger partial charge in [-0.15, -0.1) is 5.10 Å². The van der Waals surface area contributed by atoms with Gasteiger partial charge in [-0.3, -0.25) is 4.79 Å². The van der Waals surface area contributed by atoms with Crippen LogP contribution in [0.3, 0.4) is 0 Å². The molecule has 128 valence electrons. The number of nitrogens with zero attached hydrogens (tertiary/aromatic N) is 5. The minimum atomic E-state index is 0.0934. The average Bonchev–Trinajstić information content (AvgIpc) is 3.14. The van der Waals surface area contributed by atoms with Crippen LogP contribution in [0.4, 0.5) is 0 Å². The fourth-order valence-electron chi connectivity index (χ4n) is 3.13. The summed E-state index contributed by atoms with van der Waals surface area (Å²) in [6.45, 7) is 1.88. The normalized spacial score (nSPS) is 15.5. The molecule has 2 aromatic rings. The van der Waals surface area contributed by atoms with Crippen LogP contribution in [0.1, 0.15) is 24.8 Å². The highest BCUT2D eigenvalue weighted by atomic mass is 16.5. The van der Waals surface area contributed by atoms with Gasteiger partial charge in [-0.25, -0.2) is 4.68 Å². The zero-order chi connectivity index (χ0) is 16.8. The van der Waals surface area contributed by atoms with Crippen LogP contribution < -0.4 is 4.74 Å². The summed E-state index contributed by atoms with van der Waals surface area (Å²) in [5.41, 5.74) is 1.34. The summed E-state index contributed by atoms with van der Waals surface area (Å²) in [5.74, 6) is 1.67. The Morgan fingerprint density at radius 2 is 2.00 bits per heavy atom. The van der Waals surface area contributed by atoms with E-state index in [1.165, 1.54) is 23.0 Å². The predicted molar refractivity (Wildman–Crippen MR) is 88.4 cm³/mol. The number of methoxy groups -OCH3 is 1. The van der Waals surface area contributed by atoms with Crippen molar-refractivity contribution in [1.29, 1.82) is 0 Å². The third-order valence-electron chi connectivity index (χ3n) is 4.66. The van der Waals surface area contributed by atoms with E-state index in [1.54, 1.807) is 7.11 Å². The first-order valence-electron chi connectivity index (χ1n) is 8.36. The molecular formula is C17H23N5O2. The monoisotopic (exact) mass is 329 g/mol. The van der Waals surface area contributed by atoms with E-state index in [2.05, 4.69) is 27.7 Å². The van der Waals surface area contributed by atoms with E-state index in [9.17, 15) is 4.79 Å². The van der Waals surface area contributed by atoms with Crippen molar-refractivity contribution in [2.24, 2.45) is 5.92 Å². The topological polar surface area (TPSA) is 73.1 Å². The van der Waals surface area contributed by atoms with Crippen LogP contribution in [-0.2, 0) is 17.8 Å². The molecule has 0 spiro atoms. The minimum Gasteiger partial charge on any atom is -0.497 e. The van der Waals surface area contributed by atoms with Gasteiger partial charge >= 0.3 is 0 Å². The Morgan fingerprint density at radius 1 is 1.25 bits per heavy atom. The number of piperidine rings is 1. The van der Waals surface area contributed by atoms with Crippen LogP contribution in [0.5, 0.6) is 5.75 Å². The third-order valence-corrected chi connectivity index (χ3v) is 4.66. The van der Waals surface area contributed by atoms with Crippen molar-refractivity contribution in [3.63, 3.8) is 0 Å². The van der Waals surface area contributed by atoms with Gasteiger partial charge in [0.05, 0.1) is 7.11 Å². The molecule has 0 N–H and O–H groups in total. The van der Waals surface area contributed by atoms with Crippen LogP contribution in [0, 0.1) is 5.92 Å². The van der Waals surface area contributed by atoms with E-state index in [0.717, 1.165) is 38.1 Å². The molecule has 3 rings (SSSR count). The smallest absolute Gasteiger partial charge is 0.244 e. The van der Waals surface area contributed by atoms with Crippen LogP contribution in [0.25, 0.3) is 0 Å². The summed E-state index contributed by atoms with van der Waals surface area (Å²) in [6.07, 6.45) is 5.85. The van der Waals surface area contributed by atoms with Crippen LogP contribution in [0.2, 0.25) is 0 Å². The highest BCUT2D eigenvalue weighted by Crippen LogP contribution is 2.23. The summed E-state index contributed by atoms with van der Waals surface area (Å²) >= 11 is 0. The van der Waals surface area contributed by atoms with Gasteiger partial charge in [-0.2, -0.15) is 0 Å². The molecule has 1 fully saturated rings. The van der Waals surface area contributed by atoms with Crippen LogP contribution in [0.15, 0.2) is 30.6 Å². The van der Waals surface area contributed by atoms with Crippen molar-refractivity contribution in [3.05, 3.63) is 36.2 Å². The molecule has 0 atom stereocenters. The molecule has 7 nitrogen and oxygen atoms in total. The number of ether oxygens (including phenoxy) is 1. The molecule has 0 saturated carbocycles. The van der Waals surface area contributed by atoms with Crippen molar-refractivity contribution >= 4 is 5.91 Å². The van der Waals surface area contributed by atoms with Gasteiger partial charge < -0.3 is 9.64 Å². The summed E-state index contributed by atoms with van der Waals surface area (Å²) in [6, 6.07) is 8.28. The van der Waals surface area contributed by atoms with Gasteiger partial charge in [0.2, 0.25) is 5.91 Å². The maximum Gasteiger partial charge on any atom is 0.244 e. The number of tetrazole rings is 1. The molecule has 24 heavy (non-hydrogen) atoms. The van der Waals surface area contributed by atoms with Crippen molar-refractivity contribution in [2.45, 2.75) is 32.2 Å². The lowest BCUT2D eigenvalue weighted by molar-refractivity contribution is -0.133. The number of rotatable bonds is 6. The standard InChI is InChI=1S/C17H23N5O2/c1-24-16-6-4-14(5-7-16)2-3-15-8-10-21(11-9-15)17(23)12-22-13-18-19-20-22/h4-7,13,15H,2-3,8-12H2,1H3. The molecule has 1 saturated heterocycles. The maximum absolute atomic E-state index is 12.2. The number of hydrogen-bond acceptors (Lipinski definition) is 5. The second kappa shape index (κ2) is 7.90. The molecule has 0 radical (unpaired) electrons. The zero-order valence-electron chi connectivity index (χ0n) is 14.0. The molecule has 1 aliphatic rings. The number of carbonyl (C=O) groups excluding carboxylic acids is 1. The molecule has 7 heteroatoms. The number of aryl methyl sites for hydroxylation is 1. The second-order valence-electron chi connectivity index (χ2n) is 6.22. The lowest BCUT2D eigenvalue weighted by Crippen LogP contribution is -2.40. The first kappa shape index (κ1) is 16.4. The fourth-order valence-corrected chi connectivity index (χ4v) is 3.13. The zero-order valence-corrected chi connectivity index (χ0v) is 14.0. The second-order valence-corrected chi connectivity index (χ2v) is 6.22. The highest BCUT2D eigenvalue weighted by Gasteiger charge is 2.22. The quantitative estimate of drug-likeness (QED) is 0.804. The Balaban J connectivity index is 1.40. The summed E-state index contributed by atoms with van der Waals surface area (Å²) in [7, 11) is 1.68. The Bertz CT molecular complexity index is 634. The molecule has 2 heterocycles. The van der Waals surface area contributed by atoms with Gasteiger partial charge in [0.1, 0.15) is 18.6 Å². The van der Waals surface area contributed by atoms with Crippen molar-refractivity contribution in [2.75, 3.05) is 20.2 Å². The molecule has 0 aliphatic carbocycles. The van der Waals surface area contributed by atoms with Crippen LogP contribution in [-0.4, -0.2) is 51.2 Å². The minimum absolute atomic E-state index is 0.0934. The van der Waals surface area contributed by atoms with Crippen molar-refractivity contribution in [3.8, 4) is 5.75 Å². The Labute approximate surface area is 141 Å². The molecular weight excluding hydrogens is 306 g/mol. The van der Waals surface area contributed by atoms with E-state index >= 15 is 0 Å². The van der Waals surface area contributed by atoms with E-state index in [1.807, 2.05) is 17.0 Å². The molecule has 1 aromatic carbocycles. The van der Waals surface area contributed by atoms with Crippen LogP contribution >= 0.6 is 0 Å². The largest absolute Gasteiger partial charge is 0.497 e. The van der Waals surface area contributed by atoms with E-state index in [-0.39, 0.29) is 12.5 Å². The van der Waals surface area contributed by atoms with E-state index in [0.29, 0.717) is 5.92 Å². The summed E-state index contributed by atoms with van der Waals surface area (Å²) in [5, 5.41) is 10.8. The number of hydrogen-bond donors (Lipinski definition) is 0. The number of aromatic nitrogens is 4. The SMILES string of the molecule is COc1ccc(CCC2CCN(C(=O)Cn3cnnn3)CC2)cc1. The summed E-state index contributed by atoms with van der Waals surface area (Å²) in [4.78, 5) is 14.1. The van der Waals surface area contributed by atoms with E-state index < -0.39 is 0 Å². The summed E-state index contributed by atoms with van der Waals surface area (Å²) < 4.78 is 6.65. The van der Waals surface area contributed by atoms with Crippen molar-refractivity contribution in [1.82, 2.24) is 25.1 Å².